The van der Waals surface area contributed by atoms with Crippen LogP contribution in [0.25, 0.3) is 0 Å². The minimum Gasteiger partial charge on any atom is -0.354 e. The molecule has 1 aromatic heterocycles. The lowest BCUT2D eigenvalue weighted by atomic mass is 10.1. The molecule has 3 N–H and O–H groups in total. The Labute approximate surface area is 187 Å². The van der Waals surface area contributed by atoms with Crippen LogP contribution in [0.4, 0.5) is 28.7 Å². The van der Waals surface area contributed by atoms with Crippen molar-refractivity contribution in [2.75, 3.05) is 16.0 Å². The van der Waals surface area contributed by atoms with Gasteiger partial charge in [0.2, 0.25) is 5.95 Å². The zero-order chi connectivity index (χ0) is 22.5. The minimum atomic E-state index is -0.183. The first kappa shape index (κ1) is 21.1. The number of benzene rings is 3. The van der Waals surface area contributed by atoms with Crippen LogP contribution in [-0.4, -0.2) is 15.9 Å². The second kappa shape index (κ2) is 9.31. The molecule has 0 atom stereocenters. The molecule has 0 spiro atoms. The molecule has 1 amide bonds. The first-order valence-corrected chi connectivity index (χ1v) is 10.4. The van der Waals surface area contributed by atoms with Crippen molar-refractivity contribution in [2.45, 2.75) is 20.8 Å². The van der Waals surface area contributed by atoms with E-state index in [1.807, 2.05) is 87.5 Å². The highest BCUT2D eigenvalue weighted by Gasteiger charge is 2.10. The van der Waals surface area contributed by atoms with E-state index >= 15 is 0 Å². The maximum Gasteiger partial charge on any atom is 0.255 e. The first-order chi connectivity index (χ1) is 15.5. The summed E-state index contributed by atoms with van der Waals surface area (Å²) < 4.78 is 0. The molecule has 4 aromatic rings. The topological polar surface area (TPSA) is 78.9 Å². The zero-order valence-electron chi connectivity index (χ0n) is 18.3. The average Bonchev–Trinajstić information content (AvgIpc) is 2.76. The van der Waals surface area contributed by atoms with E-state index in [1.54, 1.807) is 12.1 Å². The summed E-state index contributed by atoms with van der Waals surface area (Å²) in [6, 6.07) is 24.9. The summed E-state index contributed by atoms with van der Waals surface area (Å²) in [4.78, 5) is 21.6. The van der Waals surface area contributed by atoms with Crippen LogP contribution in [0, 0.1) is 20.8 Å². The Bertz CT molecular complexity index is 1210. The van der Waals surface area contributed by atoms with Crippen molar-refractivity contribution in [1.82, 2.24) is 9.97 Å². The average molecular weight is 424 g/mol. The number of para-hydroxylation sites is 2. The lowest BCUT2D eigenvalue weighted by Gasteiger charge is -2.14. The molecule has 1 heterocycles. The lowest BCUT2D eigenvalue weighted by Crippen LogP contribution is -2.13. The molecule has 160 valence electrons. The van der Waals surface area contributed by atoms with Crippen molar-refractivity contribution >= 4 is 34.6 Å². The van der Waals surface area contributed by atoms with Gasteiger partial charge in [-0.1, -0.05) is 29.8 Å². The third kappa shape index (κ3) is 5.29. The molecular weight excluding hydrogens is 398 g/mol. The van der Waals surface area contributed by atoms with Crippen LogP contribution in [0.1, 0.15) is 27.3 Å². The number of amides is 1. The largest absolute Gasteiger partial charge is 0.354 e. The van der Waals surface area contributed by atoms with Crippen molar-refractivity contribution < 1.29 is 4.79 Å². The van der Waals surface area contributed by atoms with Crippen molar-refractivity contribution in [2.24, 2.45) is 0 Å². The molecule has 4 rings (SSSR count). The van der Waals surface area contributed by atoms with Gasteiger partial charge in [-0.25, -0.2) is 9.97 Å². The fourth-order valence-electron chi connectivity index (χ4n) is 3.30. The van der Waals surface area contributed by atoms with Crippen LogP contribution in [0.15, 0.2) is 78.9 Å². The Morgan fingerprint density at radius 2 is 1.25 bits per heavy atom. The van der Waals surface area contributed by atoms with Gasteiger partial charge in [-0.3, -0.25) is 4.79 Å². The van der Waals surface area contributed by atoms with Crippen LogP contribution in [0.2, 0.25) is 0 Å². The van der Waals surface area contributed by atoms with E-state index in [-0.39, 0.29) is 5.91 Å². The van der Waals surface area contributed by atoms with Gasteiger partial charge in [0.25, 0.3) is 5.91 Å². The Morgan fingerprint density at radius 3 is 1.91 bits per heavy atom. The van der Waals surface area contributed by atoms with E-state index in [2.05, 4.69) is 25.9 Å². The predicted octanol–water partition coefficient (Wildman–Crippen LogP) is 6.14. The highest BCUT2D eigenvalue weighted by molar-refractivity contribution is 6.06. The van der Waals surface area contributed by atoms with Crippen LogP contribution >= 0.6 is 0 Å². The number of anilines is 5. The van der Waals surface area contributed by atoms with Crippen molar-refractivity contribution in [1.29, 1.82) is 0 Å². The summed E-state index contributed by atoms with van der Waals surface area (Å²) in [6.45, 7) is 5.91. The van der Waals surface area contributed by atoms with E-state index in [1.165, 1.54) is 5.56 Å². The molecule has 32 heavy (non-hydrogen) atoms. The number of nitrogens with zero attached hydrogens (tertiary/aromatic N) is 2. The molecule has 0 saturated heterocycles. The van der Waals surface area contributed by atoms with Gasteiger partial charge in [-0.2, -0.15) is 0 Å². The molecule has 6 heteroatoms. The molecule has 0 saturated carbocycles. The van der Waals surface area contributed by atoms with Crippen LogP contribution in [-0.2, 0) is 0 Å². The second-order valence-corrected chi connectivity index (χ2v) is 7.67. The third-order valence-corrected chi connectivity index (χ3v) is 4.89. The molecule has 0 aliphatic heterocycles. The number of aryl methyl sites for hydroxylation is 3. The molecule has 0 unspecified atom stereocenters. The van der Waals surface area contributed by atoms with Crippen LogP contribution < -0.4 is 16.0 Å². The van der Waals surface area contributed by atoms with E-state index in [0.717, 1.165) is 28.5 Å². The van der Waals surface area contributed by atoms with Gasteiger partial charge in [0, 0.05) is 28.3 Å². The van der Waals surface area contributed by atoms with Crippen molar-refractivity contribution in [3.8, 4) is 0 Å². The fourth-order valence-corrected chi connectivity index (χ4v) is 3.30. The highest BCUT2D eigenvalue weighted by Crippen LogP contribution is 2.26. The molecule has 0 aliphatic carbocycles. The maximum atomic E-state index is 12.8. The van der Waals surface area contributed by atoms with Gasteiger partial charge in [0.1, 0.15) is 0 Å². The summed E-state index contributed by atoms with van der Waals surface area (Å²) in [5, 5.41) is 9.54. The van der Waals surface area contributed by atoms with Crippen LogP contribution in [0.3, 0.4) is 0 Å². The number of hydrogen-bond donors (Lipinski definition) is 3. The van der Waals surface area contributed by atoms with Gasteiger partial charge < -0.3 is 16.0 Å². The Hall–Kier alpha value is -4.19. The van der Waals surface area contributed by atoms with Crippen molar-refractivity contribution in [3.63, 3.8) is 0 Å². The van der Waals surface area contributed by atoms with E-state index < -0.39 is 0 Å². The number of aromatic nitrogens is 2. The third-order valence-electron chi connectivity index (χ3n) is 4.89. The molecule has 0 fully saturated rings. The Balaban J connectivity index is 1.45. The number of carbonyl (C=O) groups excluding carboxylic acids is 1. The SMILES string of the molecule is Cc1ccc(Nc2ccccc2NC(=O)c2ccc(Nc3nc(C)cc(C)n3)cc2)cc1. The zero-order valence-corrected chi connectivity index (χ0v) is 18.3. The number of carbonyl (C=O) groups is 1. The summed E-state index contributed by atoms with van der Waals surface area (Å²) >= 11 is 0. The monoisotopic (exact) mass is 423 g/mol. The maximum absolute atomic E-state index is 12.8. The molecule has 3 aromatic carbocycles. The Kier molecular flexibility index (Phi) is 6.12. The molecule has 0 bridgehead atoms. The molecule has 6 nitrogen and oxygen atoms in total. The molecule has 0 radical (unpaired) electrons. The van der Waals surface area contributed by atoms with Crippen LogP contribution in [0.5, 0.6) is 0 Å². The van der Waals surface area contributed by atoms with E-state index in [4.69, 9.17) is 0 Å². The number of rotatable bonds is 6. The minimum absolute atomic E-state index is 0.183. The number of nitrogens with one attached hydrogen (secondary N) is 3. The summed E-state index contributed by atoms with van der Waals surface area (Å²) in [5.74, 6) is 0.355. The molecular formula is C26H25N5O. The van der Waals surface area contributed by atoms with Gasteiger partial charge >= 0.3 is 0 Å². The second-order valence-electron chi connectivity index (χ2n) is 7.67. The normalized spacial score (nSPS) is 10.5. The van der Waals surface area contributed by atoms with Gasteiger partial charge in [-0.05, 0) is 75.4 Å². The standard InChI is InChI=1S/C26H25N5O/c1-17-8-12-21(13-9-17)29-23-6-4-5-7-24(23)31-25(32)20-10-14-22(15-11-20)30-26-27-18(2)16-19(3)28-26/h4-16,29H,1-3H3,(H,31,32)(H,27,28,30). The Morgan fingerprint density at radius 1 is 0.688 bits per heavy atom. The summed E-state index contributed by atoms with van der Waals surface area (Å²) in [6.07, 6.45) is 0. The van der Waals surface area contributed by atoms with Gasteiger partial charge in [0.15, 0.2) is 0 Å². The summed E-state index contributed by atoms with van der Waals surface area (Å²) in [5.41, 5.74) is 6.86. The van der Waals surface area contributed by atoms with E-state index in [0.29, 0.717) is 17.2 Å². The van der Waals surface area contributed by atoms with E-state index in [9.17, 15) is 4.79 Å². The predicted molar refractivity (Wildman–Crippen MR) is 130 cm³/mol. The van der Waals surface area contributed by atoms with Gasteiger partial charge in [-0.15, -0.1) is 0 Å². The quantitative estimate of drug-likeness (QED) is 0.347. The lowest BCUT2D eigenvalue weighted by molar-refractivity contribution is 0.102. The van der Waals surface area contributed by atoms with Gasteiger partial charge in [0.05, 0.1) is 11.4 Å². The number of hydrogen-bond acceptors (Lipinski definition) is 5. The molecule has 0 aliphatic rings. The smallest absolute Gasteiger partial charge is 0.255 e. The fraction of sp³-hybridized carbons (Fsp3) is 0.115. The highest BCUT2D eigenvalue weighted by atomic mass is 16.1. The summed E-state index contributed by atoms with van der Waals surface area (Å²) in [7, 11) is 0. The first-order valence-electron chi connectivity index (χ1n) is 10.4. The van der Waals surface area contributed by atoms with Crippen molar-refractivity contribution in [3.05, 3.63) is 101 Å².